The van der Waals surface area contributed by atoms with Crippen molar-refractivity contribution in [2.75, 3.05) is 13.8 Å². The fraction of sp³-hybridized carbons (Fsp3) is 0.900. The van der Waals surface area contributed by atoms with Crippen LogP contribution in [0.1, 0.15) is 13.8 Å². The van der Waals surface area contributed by atoms with Crippen molar-refractivity contribution < 1.29 is 33.6 Å². The third-order valence-corrected chi connectivity index (χ3v) is 2.48. The average Bonchev–Trinajstić information content (AvgIpc) is 2.61. The first kappa shape index (κ1) is 14.3. The molecular weight excluding hydrogens is 235 g/mol. The van der Waals surface area contributed by atoms with Gasteiger partial charge in [-0.05, 0) is 13.8 Å². The van der Waals surface area contributed by atoms with Crippen molar-refractivity contribution in [3.05, 3.63) is 0 Å². The van der Waals surface area contributed by atoms with Crippen molar-refractivity contribution in [2.24, 2.45) is 0 Å². The summed E-state index contributed by atoms with van der Waals surface area (Å²) in [6.45, 7) is 2.21. The summed E-state index contributed by atoms with van der Waals surface area (Å²) in [5.74, 6) is -2.08. The Morgan fingerprint density at radius 2 is 2.06 bits per heavy atom. The fourth-order valence-electron chi connectivity index (χ4n) is 1.71. The molecule has 1 rings (SSSR count). The molecule has 7 heteroatoms. The average molecular weight is 252 g/mol. The molecule has 0 amide bonds. The molecule has 0 bridgehead atoms. The van der Waals surface area contributed by atoms with Gasteiger partial charge < -0.3 is 24.4 Å². The van der Waals surface area contributed by atoms with Crippen LogP contribution >= 0.6 is 0 Å². The predicted octanol–water partition coefficient (Wildman–Crippen LogP) is -0.629. The Morgan fingerprint density at radius 1 is 1.47 bits per heavy atom. The summed E-state index contributed by atoms with van der Waals surface area (Å²) in [4.78, 5) is 11.0. The van der Waals surface area contributed by atoms with Crippen molar-refractivity contribution in [3.63, 3.8) is 0 Å². The quantitative estimate of drug-likeness (QED) is 0.648. The van der Waals surface area contributed by atoms with Crippen LogP contribution in [0.3, 0.4) is 0 Å². The number of halogens is 1. The van der Waals surface area contributed by atoms with Gasteiger partial charge in [-0.2, -0.15) is 0 Å². The highest BCUT2D eigenvalue weighted by atomic mass is 19.1. The highest BCUT2D eigenvalue weighted by molar-refractivity contribution is 5.75. The lowest BCUT2D eigenvalue weighted by Crippen LogP contribution is -2.47. The maximum absolute atomic E-state index is 12.7. The van der Waals surface area contributed by atoms with E-state index in [9.17, 15) is 19.4 Å². The van der Waals surface area contributed by atoms with E-state index in [2.05, 4.69) is 4.74 Å². The minimum Gasteiger partial charge on any atom is -0.467 e. The molecule has 0 aromatic rings. The van der Waals surface area contributed by atoms with Gasteiger partial charge in [-0.15, -0.1) is 0 Å². The molecule has 0 unspecified atom stereocenters. The van der Waals surface area contributed by atoms with E-state index in [0.717, 1.165) is 7.11 Å². The van der Waals surface area contributed by atoms with E-state index in [1.54, 1.807) is 13.8 Å². The zero-order valence-corrected chi connectivity index (χ0v) is 9.92. The van der Waals surface area contributed by atoms with E-state index < -0.39 is 42.8 Å². The standard InChI is InChI=1S/C10H17FO6/c1-10(2)16-5(4-11)8(17-10)6(12)7(13)9(14)15-3/h5-8,12-13H,4H2,1-3H3/t5-,6+,7+,8+/m0/s1. The highest BCUT2D eigenvalue weighted by Gasteiger charge is 2.48. The second kappa shape index (κ2) is 5.26. The number of methoxy groups -OCH3 is 1. The molecule has 1 fully saturated rings. The number of ether oxygens (including phenoxy) is 3. The van der Waals surface area contributed by atoms with Crippen LogP contribution in [-0.4, -0.2) is 60.2 Å². The SMILES string of the molecule is COC(=O)[C@H](O)[C@@H](O)[C@@H]1OC(C)(C)O[C@H]1CF. The monoisotopic (exact) mass is 252 g/mol. The summed E-state index contributed by atoms with van der Waals surface area (Å²) in [6, 6.07) is 0. The Morgan fingerprint density at radius 3 is 2.53 bits per heavy atom. The van der Waals surface area contributed by atoms with Gasteiger partial charge in [0.25, 0.3) is 0 Å². The molecule has 0 saturated carbocycles. The van der Waals surface area contributed by atoms with Crippen LogP contribution in [0.25, 0.3) is 0 Å². The highest BCUT2D eigenvalue weighted by Crippen LogP contribution is 2.31. The van der Waals surface area contributed by atoms with Crippen molar-refractivity contribution in [3.8, 4) is 0 Å². The molecule has 1 heterocycles. The second-order valence-electron chi connectivity index (χ2n) is 4.25. The van der Waals surface area contributed by atoms with Gasteiger partial charge in [0.1, 0.15) is 25.0 Å². The molecule has 2 N–H and O–H groups in total. The number of hydrogen-bond donors (Lipinski definition) is 2. The third kappa shape index (κ3) is 3.12. The molecule has 6 nitrogen and oxygen atoms in total. The van der Waals surface area contributed by atoms with Gasteiger partial charge in [0.2, 0.25) is 0 Å². The number of aliphatic hydroxyl groups is 2. The Kier molecular flexibility index (Phi) is 4.42. The molecule has 1 saturated heterocycles. The number of rotatable bonds is 4. The maximum Gasteiger partial charge on any atom is 0.337 e. The summed E-state index contributed by atoms with van der Waals surface area (Å²) >= 11 is 0. The molecule has 0 aromatic heterocycles. The first-order valence-electron chi connectivity index (χ1n) is 5.18. The lowest BCUT2D eigenvalue weighted by atomic mass is 10.0. The first-order chi connectivity index (χ1) is 7.82. The Balaban J connectivity index is 2.74. The fourth-order valence-corrected chi connectivity index (χ4v) is 1.71. The largest absolute Gasteiger partial charge is 0.467 e. The Hall–Kier alpha value is -0.760. The van der Waals surface area contributed by atoms with E-state index in [1.807, 2.05) is 0 Å². The summed E-state index contributed by atoms with van der Waals surface area (Å²) in [5, 5.41) is 19.2. The lowest BCUT2D eigenvalue weighted by Gasteiger charge is -2.24. The van der Waals surface area contributed by atoms with E-state index in [1.165, 1.54) is 0 Å². The molecule has 100 valence electrons. The molecule has 1 aliphatic rings. The van der Waals surface area contributed by atoms with Gasteiger partial charge in [-0.1, -0.05) is 0 Å². The Bertz CT molecular complexity index is 282. The van der Waals surface area contributed by atoms with Crippen LogP contribution < -0.4 is 0 Å². The van der Waals surface area contributed by atoms with Crippen molar-refractivity contribution >= 4 is 5.97 Å². The van der Waals surface area contributed by atoms with Crippen LogP contribution in [0.5, 0.6) is 0 Å². The van der Waals surface area contributed by atoms with Crippen molar-refractivity contribution in [1.82, 2.24) is 0 Å². The predicted molar refractivity (Wildman–Crippen MR) is 53.8 cm³/mol. The summed E-state index contributed by atoms with van der Waals surface area (Å²) in [5.41, 5.74) is 0. The molecule has 1 aliphatic heterocycles. The van der Waals surface area contributed by atoms with E-state index in [-0.39, 0.29) is 0 Å². The lowest BCUT2D eigenvalue weighted by molar-refractivity contribution is -0.175. The van der Waals surface area contributed by atoms with Gasteiger partial charge in [-0.3, -0.25) is 0 Å². The topological polar surface area (TPSA) is 85.2 Å². The van der Waals surface area contributed by atoms with E-state index in [0.29, 0.717) is 0 Å². The first-order valence-corrected chi connectivity index (χ1v) is 5.18. The minimum atomic E-state index is -1.79. The van der Waals surface area contributed by atoms with Crippen LogP contribution in [0.15, 0.2) is 0 Å². The van der Waals surface area contributed by atoms with Gasteiger partial charge in [0.15, 0.2) is 11.9 Å². The normalized spacial score (nSPS) is 30.9. The molecule has 0 aromatic carbocycles. The van der Waals surface area contributed by atoms with Crippen LogP contribution in [0.4, 0.5) is 4.39 Å². The summed E-state index contributed by atoms with van der Waals surface area (Å²) < 4.78 is 27.4. The van der Waals surface area contributed by atoms with E-state index in [4.69, 9.17) is 9.47 Å². The third-order valence-electron chi connectivity index (χ3n) is 2.48. The van der Waals surface area contributed by atoms with Crippen LogP contribution in [0, 0.1) is 0 Å². The second-order valence-corrected chi connectivity index (χ2v) is 4.25. The van der Waals surface area contributed by atoms with Gasteiger partial charge in [0, 0.05) is 0 Å². The zero-order valence-electron chi connectivity index (χ0n) is 9.92. The zero-order chi connectivity index (χ0) is 13.2. The summed E-state index contributed by atoms with van der Waals surface area (Å²) in [6.07, 6.45) is -5.55. The molecule has 0 spiro atoms. The van der Waals surface area contributed by atoms with Crippen molar-refractivity contribution in [1.29, 1.82) is 0 Å². The summed E-state index contributed by atoms with van der Waals surface area (Å²) in [7, 11) is 1.07. The molecule has 4 atom stereocenters. The van der Waals surface area contributed by atoms with E-state index >= 15 is 0 Å². The molecular formula is C10H17FO6. The van der Waals surface area contributed by atoms with Gasteiger partial charge in [-0.25, -0.2) is 9.18 Å². The number of esters is 1. The number of aliphatic hydroxyl groups excluding tert-OH is 2. The molecule has 17 heavy (non-hydrogen) atoms. The number of hydrogen-bond acceptors (Lipinski definition) is 6. The number of carbonyl (C=O) groups excluding carboxylic acids is 1. The van der Waals surface area contributed by atoms with Crippen LogP contribution in [0.2, 0.25) is 0 Å². The van der Waals surface area contributed by atoms with Crippen molar-refractivity contribution in [2.45, 2.75) is 44.1 Å². The smallest absolute Gasteiger partial charge is 0.337 e. The number of alkyl halides is 1. The Labute approximate surface area is 98.3 Å². The molecule has 0 radical (unpaired) electrons. The number of carbonyl (C=O) groups is 1. The maximum atomic E-state index is 12.7. The van der Waals surface area contributed by atoms with Crippen LogP contribution in [-0.2, 0) is 19.0 Å². The van der Waals surface area contributed by atoms with Gasteiger partial charge >= 0.3 is 5.97 Å². The molecule has 0 aliphatic carbocycles. The minimum absolute atomic E-state index is 0.890. The van der Waals surface area contributed by atoms with Gasteiger partial charge in [0.05, 0.1) is 7.11 Å².